The molecule has 0 aromatic rings. The maximum absolute atomic E-state index is 13.2. The zero-order chi connectivity index (χ0) is 9.19. The molecule has 3 atom stereocenters. The molecule has 0 amide bonds. The largest absolute Gasteiger partial charge is 0.750 e. The summed E-state index contributed by atoms with van der Waals surface area (Å²) in [6, 6.07) is 0. The molecule has 0 bridgehead atoms. The minimum absolute atomic E-state index is 0.0536. The van der Waals surface area contributed by atoms with Gasteiger partial charge in [-0.1, -0.05) is 0 Å². The molecule has 3 nitrogen and oxygen atoms in total. The van der Waals surface area contributed by atoms with Crippen LogP contribution in [0, 0.1) is 5.92 Å². The summed E-state index contributed by atoms with van der Waals surface area (Å²) in [5.74, 6) is 0.0536. The van der Waals surface area contributed by atoms with E-state index in [0.29, 0.717) is 19.3 Å². The molecular formula is C7H12FO3S-. The molecule has 5 heteroatoms. The molecule has 1 saturated carbocycles. The molecule has 0 saturated heterocycles. The Morgan fingerprint density at radius 3 is 2.92 bits per heavy atom. The fourth-order valence-electron chi connectivity index (χ4n) is 1.61. The van der Waals surface area contributed by atoms with Gasteiger partial charge in [-0.25, -0.2) is 8.60 Å². The minimum Gasteiger partial charge on any atom is -0.750 e. The average Bonchev–Trinajstić information content (AvgIpc) is 2.26. The van der Waals surface area contributed by atoms with Gasteiger partial charge in [-0.2, -0.15) is 0 Å². The van der Waals surface area contributed by atoms with E-state index in [9.17, 15) is 13.2 Å². The first kappa shape index (κ1) is 10.1. The van der Waals surface area contributed by atoms with Gasteiger partial charge in [-0.15, -0.1) is 0 Å². The van der Waals surface area contributed by atoms with Gasteiger partial charge in [0.2, 0.25) is 0 Å². The van der Waals surface area contributed by atoms with Crippen LogP contribution in [0.2, 0.25) is 0 Å². The average molecular weight is 195 g/mol. The van der Waals surface area contributed by atoms with Gasteiger partial charge in [0.25, 0.3) is 0 Å². The zero-order valence-corrected chi connectivity index (χ0v) is 7.73. The standard InChI is InChI=1S/C7H13FO3S/c1-7(8)3-2-6(4-7)5-11-12(9)10/h6H,2-5H2,1H3,(H,9,10)/p-1. The second kappa shape index (κ2) is 3.81. The van der Waals surface area contributed by atoms with Crippen molar-refractivity contribution in [3.8, 4) is 0 Å². The van der Waals surface area contributed by atoms with Crippen LogP contribution in [0.4, 0.5) is 4.39 Å². The molecule has 1 aliphatic rings. The third-order valence-electron chi connectivity index (χ3n) is 2.19. The van der Waals surface area contributed by atoms with E-state index in [-0.39, 0.29) is 12.5 Å². The van der Waals surface area contributed by atoms with Gasteiger partial charge in [-0.05, 0) is 32.1 Å². The predicted octanol–water partition coefficient (Wildman–Crippen LogP) is 1.33. The summed E-state index contributed by atoms with van der Waals surface area (Å²) < 4.78 is 37.5. The van der Waals surface area contributed by atoms with Crippen LogP contribution in [0.3, 0.4) is 0 Å². The Hall–Kier alpha value is -0.0000000000000000486. The minimum atomic E-state index is -2.46. The molecule has 72 valence electrons. The fraction of sp³-hybridized carbons (Fsp3) is 1.00. The van der Waals surface area contributed by atoms with Crippen molar-refractivity contribution in [3.63, 3.8) is 0 Å². The quantitative estimate of drug-likeness (QED) is 0.638. The SMILES string of the molecule is CC1(F)CCC(COS(=O)[O-])C1. The lowest BCUT2D eigenvalue weighted by atomic mass is 10.1. The van der Waals surface area contributed by atoms with Crippen molar-refractivity contribution in [2.75, 3.05) is 6.61 Å². The van der Waals surface area contributed by atoms with E-state index >= 15 is 0 Å². The van der Waals surface area contributed by atoms with Gasteiger partial charge in [0.05, 0.1) is 18.0 Å². The van der Waals surface area contributed by atoms with Crippen molar-refractivity contribution < 1.29 is 17.3 Å². The topological polar surface area (TPSA) is 49.4 Å². The van der Waals surface area contributed by atoms with Crippen LogP contribution < -0.4 is 0 Å². The summed E-state index contributed by atoms with van der Waals surface area (Å²) in [7, 11) is 0. The highest BCUT2D eigenvalue weighted by Crippen LogP contribution is 2.37. The third kappa shape index (κ3) is 3.16. The monoisotopic (exact) mass is 195 g/mol. The number of rotatable bonds is 3. The third-order valence-corrected chi connectivity index (χ3v) is 2.52. The van der Waals surface area contributed by atoms with Crippen molar-refractivity contribution in [1.29, 1.82) is 0 Å². The lowest BCUT2D eigenvalue weighted by Gasteiger charge is -2.13. The van der Waals surface area contributed by atoms with Crippen LogP contribution >= 0.6 is 0 Å². The molecule has 3 unspecified atom stereocenters. The highest BCUT2D eigenvalue weighted by molar-refractivity contribution is 7.74. The van der Waals surface area contributed by atoms with E-state index in [2.05, 4.69) is 4.18 Å². The van der Waals surface area contributed by atoms with Gasteiger partial charge in [0, 0.05) is 0 Å². The maximum Gasteiger partial charge on any atom is 0.108 e. The normalized spacial score (nSPS) is 38.4. The maximum atomic E-state index is 13.2. The first-order chi connectivity index (χ1) is 5.49. The van der Waals surface area contributed by atoms with Gasteiger partial charge < -0.3 is 8.74 Å². The summed E-state index contributed by atoms with van der Waals surface area (Å²) in [6.45, 7) is 1.66. The molecule has 0 aromatic heterocycles. The van der Waals surface area contributed by atoms with E-state index < -0.39 is 17.0 Å². The summed E-state index contributed by atoms with van der Waals surface area (Å²) in [5, 5.41) is 0. The van der Waals surface area contributed by atoms with Gasteiger partial charge >= 0.3 is 0 Å². The molecule has 1 fully saturated rings. The Morgan fingerprint density at radius 1 is 1.83 bits per heavy atom. The number of alkyl halides is 1. The highest BCUT2D eigenvalue weighted by atomic mass is 32.2. The Kier molecular flexibility index (Phi) is 3.20. The second-order valence-electron chi connectivity index (χ2n) is 3.51. The van der Waals surface area contributed by atoms with Crippen molar-refractivity contribution in [3.05, 3.63) is 0 Å². The number of halogens is 1. The van der Waals surface area contributed by atoms with Crippen LogP contribution in [0.15, 0.2) is 0 Å². The molecule has 1 rings (SSSR count). The first-order valence-electron chi connectivity index (χ1n) is 3.91. The van der Waals surface area contributed by atoms with Gasteiger partial charge in [0.1, 0.15) is 5.67 Å². The molecule has 0 spiro atoms. The van der Waals surface area contributed by atoms with E-state index in [4.69, 9.17) is 0 Å². The Morgan fingerprint density at radius 2 is 2.50 bits per heavy atom. The smallest absolute Gasteiger partial charge is 0.108 e. The first-order valence-corrected chi connectivity index (χ1v) is 4.91. The van der Waals surface area contributed by atoms with Gasteiger partial charge in [0.15, 0.2) is 0 Å². The molecule has 0 aliphatic heterocycles. The molecule has 0 N–H and O–H groups in total. The van der Waals surface area contributed by atoms with Crippen LogP contribution in [-0.4, -0.2) is 21.0 Å². The Balaban J connectivity index is 2.24. The summed E-state index contributed by atoms with van der Waals surface area (Å²) in [4.78, 5) is 0. The zero-order valence-electron chi connectivity index (χ0n) is 6.92. The highest BCUT2D eigenvalue weighted by Gasteiger charge is 2.34. The molecule has 0 radical (unpaired) electrons. The van der Waals surface area contributed by atoms with Crippen LogP contribution in [0.5, 0.6) is 0 Å². The van der Waals surface area contributed by atoms with Crippen LogP contribution in [-0.2, 0) is 15.5 Å². The summed E-state index contributed by atoms with van der Waals surface area (Å²) >= 11 is -2.46. The summed E-state index contributed by atoms with van der Waals surface area (Å²) in [6.07, 6.45) is 1.63. The lowest BCUT2D eigenvalue weighted by Crippen LogP contribution is -2.14. The Bertz CT molecular complexity index is 183. The van der Waals surface area contributed by atoms with E-state index in [0.717, 1.165) is 0 Å². The van der Waals surface area contributed by atoms with E-state index in [1.165, 1.54) is 0 Å². The van der Waals surface area contributed by atoms with Crippen molar-refractivity contribution >= 4 is 11.4 Å². The van der Waals surface area contributed by atoms with Crippen molar-refractivity contribution in [2.24, 2.45) is 5.92 Å². The molecular weight excluding hydrogens is 183 g/mol. The van der Waals surface area contributed by atoms with Crippen LogP contribution in [0.25, 0.3) is 0 Å². The van der Waals surface area contributed by atoms with Crippen molar-refractivity contribution in [2.45, 2.75) is 31.9 Å². The predicted molar refractivity (Wildman–Crippen MR) is 41.7 cm³/mol. The molecule has 12 heavy (non-hydrogen) atoms. The van der Waals surface area contributed by atoms with E-state index in [1.807, 2.05) is 0 Å². The van der Waals surface area contributed by atoms with Crippen molar-refractivity contribution in [1.82, 2.24) is 0 Å². The second-order valence-corrected chi connectivity index (χ2v) is 4.15. The molecule has 0 aromatic carbocycles. The number of hydrogen-bond donors (Lipinski definition) is 0. The lowest BCUT2D eigenvalue weighted by molar-refractivity contribution is 0.176. The number of hydrogen-bond acceptors (Lipinski definition) is 3. The molecule has 0 heterocycles. The fourth-order valence-corrected chi connectivity index (χ4v) is 1.91. The van der Waals surface area contributed by atoms with Crippen LogP contribution in [0.1, 0.15) is 26.2 Å². The van der Waals surface area contributed by atoms with E-state index in [1.54, 1.807) is 6.92 Å². The van der Waals surface area contributed by atoms with Gasteiger partial charge in [-0.3, -0.25) is 0 Å². The molecule has 1 aliphatic carbocycles. The summed E-state index contributed by atoms with van der Waals surface area (Å²) in [5.41, 5.74) is -1.13. The Labute approximate surface area is 73.8 Å².